The van der Waals surface area contributed by atoms with E-state index < -0.39 is 16.0 Å². The molecule has 1 aromatic rings. The van der Waals surface area contributed by atoms with Crippen LogP contribution in [0.15, 0.2) is 23.1 Å². The molecule has 1 aromatic carbocycles. The average molecular weight is 334 g/mol. The minimum atomic E-state index is -3.74. The third-order valence-corrected chi connectivity index (χ3v) is 5.84. The Morgan fingerprint density at radius 2 is 2.14 bits per heavy atom. The van der Waals surface area contributed by atoms with E-state index in [0.29, 0.717) is 13.0 Å². The summed E-state index contributed by atoms with van der Waals surface area (Å²) in [6.45, 7) is 2.34. The molecule has 0 spiro atoms. The number of benzene rings is 1. The minimum Gasteiger partial charge on any atom is -0.478 e. The van der Waals surface area contributed by atoms with Crippen LogP contribution in [0.5, 0.6) is 0 Å². The summed E-state index contributed by atoms with van der Waals surface area (Å²) < 4.78 is 31.8. The lowest BCUT2D eigenvalue weighted by Gasteiger charge is -2.26. The number of hydrogen-bond acceptors (Lipinski definition) is 4. The molecule has 1 aliphatic heterocycles. The highest BCUT2D eigenvalue weighted by molar-refractivity contribution is 7.89. The monoisotopic (exact) mass is 333 g/mol. The van der Waals surface area contributed by atoms with Crippen LogP contribution in [0.1, 0.15) is 23.7 Å². The molecular weight excluding hydrogens is 318 g/mol. The number of hydrogen-bond donors (Lipinski definition) is 1. The predicted molar refractivity (Wildman–Crippen MR) is 77.2 cm³/mol. The van der Waals surface area contributed by atoms with E-state index in [-0.39, 0.29) is 27.6 Å². The maximum atomic E-state index is 12.6. The highest BCUT2D eigenvalue weighted by atomic mass is 35.5. The number of carbonyl (C=O) groups is 1. The van der Waals surface area contributed by atoms with E-state index in [2.05, 4.69) is 0 Å². The van der Waals surface area contributed by atoms with Crippen molar-refractivity contribution < 1.29 is 23.1 Å². The van der Waals surface area contributed by atoms with Crippen LogP contribution in [-0.4, -0.2) is 49.6 Å². The SMILES string of the molecule is CC1OCCC1N(C)S(=O)(=O)c1ccc(C(=O)O)c(Cl)c1. The van der Waals surface area contributed by atoms with Crippen molar-refractivity contribution in [1.82, 2.24) is 4.31 Å². The van der Waals surface area contributed by atoms with Crippen molar-refractivity contribution in [2.24, 2.45) is 0 Å². The number of sulfonamides is 1. The Morgan fingerprint density at radius 1 is 1.48 bits per heavy atom. The smallest absolute Gasteiger partial charge is 0.337 e. The molecule has 0 radical (unpaired) electrons. The first-order chi connectivity index (χ1) is 9.75. The molecule has 116 valence electrons. The van der Waals surface area contributed by atoms with Crippen LogP contribution in [0.3, 0.4) is 0 Å². The molecule has 21 heavy (non-hydrogen) atoms. The molecule has 2 atom stereocenters. The van der Waals surface area contributed by atoms with Crippen LogP contribution in [-0.2, 0) is 14.8 Å². The number of nitrogens with zero attached hydrogens (tertiary/aromatic N) is 1. The maximum absolute atomic E-state index is 12.6. The van der Waals surface area contributed by atoms with Gasteiger partial charge in [0.15, 0.2) is 0 Å². The van der Waals surface area contributed by atoms with Gasteiger partial charge in [0.2, 0.25) is 10.0 Å². The standard InChI is InChI=1S/C13H16ClNO5S/c1-8-12(5-6-20-8)15(2)21(18,19)9-3-4-10(13(16)17)11(14)7-9/h3-4,7-8,12H,5-6H2,1-2H3,(H,16,17). The molecule has 2 unspecified atom stereocenters. The molecule has 1 saturated heterocycles. The van der Waals surface area contributed by atoms with E-state index in [1.165, 1.54) is 23.5 Å². The summed E-state index contributed by atoms with van der Waals surface area (Å²) in [5, 5.41) is 8.81. The highest BCUT2D eigenvalue weighted by Crippen LogP contribution is 2.27. The molecule has 0 aliphatic carbocycles. The Labute approximate surface area is 128 Å². The van der Waals surface area contributed by atoms with Gasteiger partial charge < -0.3 is 9.84 Å². The first kappa shape index (κ1) is 16.2. The molecule has 8 heteroatoms. The lowest BCUT2D eigenvalue weighted by molar-refractivity contribution is 0.0697. The summed E-state index contributed by atoms with van der Waals surface area (Å²) in [5.74, 6) is -1.20. The third-order valence-electron chi connectivity index (χ3n) is 3.65. The molecule has 2 rings (SSSR count). The van der Waals surface area contributed by atoms with Gasteiger partial charge in [-0.1, -0.05) is 11.6 Å². The van der Waals surface area contributed by atoms with Crippen molar-refractivity contribution in [3.05, 3.63) is 28.8 Å². The Bertz CT molecular complexity index is 661. The molecule has 1 fully saturated rings. The largest absolute Gasteiger partial charge is 0.478 e. The molecular formula is C13H16ClNO5S. The lowest BCUT2D eigenvalue weighted by atomic mass is 10.2. The zero-order valence-electron chi connectivity index (χ0n) is 11.6. The zero-order chi connectivity index (χ0) is 15.8. The van der Waals surface area contributed by atoms with E-state index in [0.717, 1.165) is 6.07 Å². The van der Waals surface area contributed by atoms with Crippen molar-refractivity contribution in [3.63, 3.8) is 0 Å². The molecule has 0 amide bonds. The van der Waals surface area contributed by atoms with E-state index in [1.54, 1.807) is 0 Å². The summed E-state index contributed by atoms with van der Waals surface area (Å²) in [5.41, 5.74) is -0.129. The minimum absolute atomic E-state index is 0.0286. The summed E-state index contributed by atoms with van der Waals surface area (Å²) in [6.07, 6.45) is 0.441. The Kier molecular flexibility index (Phi) is 4.57. The van der Waals surface area contributed by atoms with Crippen molar-refractivity contribution in [2.75, 3.05) is 13.7 Å². The zero-order valence-corrected chi connectivity index (χ0v) is 13.2. The summed E-state index contributed by atoms with van der Waals surface area (Å²) in [6, 6.07) is 3.37. The van der Waals surface area contributed by atoms with Crippen LogP contribution in [0, 0.1) is 0 Å². The van der Waals surface area contributed by atoms with Gasteiger partial charge in [-0.15, -0.1) is 0 Å². The second-order valence-electron chi connectivity index (χ2n) is 4.90. The second-order valence-corrected chi connectivity index (χ2v) is 7.30. The fourth-order valence-corrected chi connectivity index (χ4v) is 4.17. The van der Waals surface area contributed by atoms with Gasteiger partial charge in [-0.3, -0.25) is 0 Å². The van der Waals surface area contributed by atoms with Gasteiger partial charge in [-0.25, -0.2) is 13.2 Å². The molecule has 1 aliphatic rings. The molecule has 6 nitrogen and oxygen atoms in total. The van der Waals surface area contributed by atoms with Crippen LogP contribution in [0.2, 0.25) is 5.02 Å². The number of carboxylic acid groups (broad SMARTS) is 1. The van der Waals surface area contributed by atoms with Gasteiger partial charge in [-0.05, 0) is 31.5 Å². The van der Waals surface area contributed by atoms with E-state index in [4.69, 9.17) is 21.4 Å². The van der Waals surface area contributed by atoms with Crippen molar-refractivity contribution in [1.29, 1.82) is 0 Å². The summed E-state index contributed by atoms with van der Waals surface area (Å²) >= 11 is 5.83. The molecule has 0 bridgehead atoms. The van der Waals surface area contributed by atoms with Crippen molar-refractivity contribution in [2.45, 2.75) is 30.4 Å². The van der Waals surface area contributed by atoms with Gasteiger partial charge >= 0.3 is 5.97 Å². The highest BCUT2D eigenvalue weighted by Gasteiger charge is 2.35. The van der Waals surface area contributed by atoms with Crippen LogP contribution in [0.25, 0.3) is 0 Å². The number of rotatable bonds is 4. The number of aromatic carboxylic acids is 1. The van der Waals surface area contributed by atoms with Gasteiger partial charge in [0.05, 0.1) is 27.6 Å². The van der Waals surface area contributed by atoms with E-state index >= 15 is 0 Å². The quantitative estimate of drug-likeness (QED) is 0.908. The third kappa shape index (κ3) is 3.06. The fourth-order valence-electron chi connectivity index (χ4n) is 2.37. The second kappa shape index (κ2) is 5.92. The first-order valence-electron chi connectivity index (χ1n) is 6.37. The summed E-state index contributed by atoms with van der Waals surface area (Å²) in [4.78, 5) is 10.9. The number of likely N-dealkylation sites (N-methyl/N-ethyl adjacent to an activating group) is 1. The lowest BCUT2D eigenvalue weighted by Crippen LogP contribution is -2.40. The predicted octanol–water partition coefficient (Wildman–Crippen LogP) is 1.84. The Hall–Kier alpha value is -1.15. The maximum Gasteiger partial charge on any atom is 0.337 e. The number of carboxylic acids is 1. The summed E-state index contributed by atoms with van der Waals surface area (Å²) in [7, 11) is -2.25. The molecule has 1 N–H and O–H groups in total. The van der Waals surface area contributed by atoms with Gasteiger partial charge in [0, 0.05) is 13.7 Å². The number of halogens is 1. The molecule has 0 saturated carbocycles. The Morgan fingerprint density at radius 3 is 2.62 bits per heavy atom. The first-order valence-corrected chi connectivity index (χ1v) is 8.19. The van der Waals surface area contributed by atoms with Crippen LogP contribution >= 0.6 is 11.6 Å². The van der Waals surface area contributed by atoms with Gasteiger partial charge in [0.1, 0.15) is 0 Å². The topological polar surface area (TPSA) is 83.9 Å². The Balaban J connectivity index is 2.35. The van der Waals surface area contributed by atoms with Gasteiger partial charge in [-0.2, -0.15) is 4.31 Å². The average Bonchev–Trinajstić information content (AvgIpc) is 2.83. The van der Waals surface area contributed by atoms with Crippen molar-refractivity contribution >= 4 is 27.6 Å². The fraction of sp³-hybridized carbons (Fsp3) is 0.462. The van der Waals surface area contributed by atoms with Gasteiger partial charge in [0.25, 0.3) is 0 Å². The molecule has 0 aromatic heterocycles. The van der Waals surface area contributed by atoms with E-state index in [1.807, 2.05) is 6.92 Å². The normalized spacial score (nSPS) is 22.7. The molecule has 1 heterocycles. The van der Waals surface area contributed by atoms with Crippen LogP contribution < -0.4 is 0 Å². The van der Waals surface area contributed by atoms with Crippen LogP contribution in [0.4, 0.5) is 0 Å². The van der Waals surface area contributed by atoms with E-state index in [9.17, 15) is 13.2 Å². The number of ether oxygens (including phenoxy) is 1. The van der Waals surface area contributed by atoms with Crippen molar-refractivity contribution in [3.8, 4) is 0 Å².